The lowest BCUT2D eigenvalue weighted by Crippen LogP contribution is -2.48. The van der Waals surface area contributed by atoms with Crippen molar-refractivity contribution in [3.8, 4) is 0 Å². The maximum Gasteiger partial charge on any atom is 0.141 e. The molecule has 2 fully saturated rings. The maximum atomic E-state index is 13.7. The smallest absolute Gasteiger partial charge is 0.141 e. The monoisotopic (exact) mass is 418 g/mol. The zero-order valence-corrected chi connectivity index (χ0v) is 17.7. The van der Waals surface area contributed by atoms with E-state index in [1.54, 1.807) is 12.3 Å². The molecule has 0 bridgehead atoms. The summed E-state index contributed by atoms with van der Waals surface area (Å²) >= 11 is 0. The molecule has 0 amide bonds. The normalized spacial score (nSPS) is 23.7. The minimum absolute atomic E-state index is 0.0316. The third-order valence-corrected chi connectivity index (χ3v) is 7.22. The van der Waals surface area contributed by atoms with Gasteiger partial charge in [-0.2, -0.15) is 0 Å². The minimum Gasteiger partial charge on any atom is -0.365 e. The number of nitrogens with one attached hydrogen (secondary N) is 2. The largest absolute Gasteiger partial charge is 0.365 e. The van der Waals surface area contributed by atoms with Crippen LogP contribution in [-0.4, -0.2) is 45.0 Å². The highest BCUT2D eigenvalue weighted by Crippen LogP contribution is 2.52. The van der Waals surface area contributed by atoms with Gasteiger partial charge >= 0.3 is 0 Å². The quantitative estimate of drug-likeness (QED) is 0.592. The van der Waals surface area contributed by atoms with Crippen LogP contribution in [0.5, 0.6) is 0 Å². The zero-order valence-electron chi connectivity index (χ0n) is 17.7. The van der Waals surface area contributed by atoms with Crippen molar-refractivity contribution in [3.05, 3.63) is 58.4 Å². The second kappa shape index (κ2) is 6.79. The van der Waals surface area contributed by atoms with E-state index in [1.807, 2.05) is 6.20 Å². The molecule has 1 saturated heterocycles. The number of aromatic amines is 1. The summed E-state index contributed by atoms with van der Waals surface area (Å²) in [6.45, 7) is 3.97. The molecule has 2 aliphatic heterocycles. The maximum absolute atomic E-state index is 13.7. The number of nitrogens with zero attached hydrogens (tertiary/aromatic N) is 3. The van der Waals surface area contributed by atoms with E-state index in [0.29, 0.717) is 6.42 Å². The van der Waals surface area contributed by atoms with Crippen molar-refractivity contribution in [1.29, 1.82) is 0 Å². The third-order valence-electron chi connectivity index (χ3n) is 7.22. The molecule has 3 aromatic heterocycles. The number of H-pyrrole nitrogens is 1. The number of likely N-dealkylation sites (tertiary alicyclic amines) is 1. The van der Waals surface area contributed by atoms with E-state index in [2.05, 4.69) is 44.2 Å². The Morgan fingerprint density at radius 2 is 2.19 bits per heavy atom. The van der Waals surface area contributed by atoms with Gasteiger partial charge < -0.3 is 20.9 Å². The zero-order chi connectivity index (χ0) is 21.2. The molecule has 1 spiro atoms. The Morgan fingerprint density at radius 1 is 1.32 bits per heavy atom. The SMILES string of the molecule is CCc1nccc2c3c([nH]c12)=CC(Cc1cncc(F)c1)NC=3N1CC(N)C2(CC2)C1. The van der Waals surface area contributed by atoms with Crippen LogP contribution in [0.3, 0.4) is 0 Å². The molecule has 3 aliphatic rings. The van der Waals surface area contributed by atoms with E-state index in [4.69, 9.17) is 5.73 Å². The standard InChI is InChI=1S/C24H27FN6/c1-2-18-22-17(3-6-28-18)21-19(30-22)9-16(8-14-7-15(25)11-27-10-14)29-23(21)31-12-20(26)24(13-31)4-5-24/h3,6-7,9-11,16,20,29-30H,2,4-5,8,12-13,26H2,1H3. The fourth-order valence-electron chi connectivity index (χ4n) is 5.37. The Labute approximate surface area is 180 Å². The second-order valence-corrected chi connectivity index (χ2v) is 9.28. The molecule has 2 unspecified atom stereocenters. The van der Waals surface area contributed by atoms with Gasteiger partial charge in [-0.1, -0.05) is 6.92 Å². The van der Waals surface area contributed by atoms with E-state index >= 15 is 0 Å². The molecule has 0 radical (unpaired) electrons. The Kier molecular flexibility index (Phi) is 4.12. The predicted molar refractivity (Wildman–Crippen MR) is 119 cm³/mol. The first-order valence-electron chi connectivity index (χ1n) is 11.1. The van der Waals surface area contributed by atoms with Crippen LogP contribution >= 0.6 is 0 Å². The molecule has 7 heteroatoms. The molecule has 3 aromatic rings. The highest BCUT2D eigenvalue weighted by Gasteiger charge is 2.54. The molecule has 5 heterocycles. The van der Waals surface area contributed by atoms with Gasteiger partial charge in [0.2, 0.25) is 0 Å². The van der Waals surface area contributed by atoms with Crippen molar-refractivity contribution in [2.45, 2.75) is 44.7 Å². The molecule has 6 nitrogen and oxygen atoms in total. The number of pyridine rings is 2. The van der Waals surface area contributed by atoms with Gasteiger partial charge in [-0.15, -0.1) is 0 Å². The summed E-state index contributed by atoms with van der Waals surface area (Å²) < 4.78 is 13.7. The topological polar surface area (TPSA) is 82.9 Å². The van der Waals surface area contributed by atoms with Crippen LogP contribution < -0.4 is 21.6 Å². The lowest BCUT2D eigenvalue weighted by atomic mass is 10.0. The first kappa shape index (κ1) is 18.8. The van der Waals surface area contributed by atoms with Crippen LogP contribution in [0.1, 0.15) is 31.0 Å². The van der Waals surface area contributed by atoms with Crippen LogP contribution in [0.25, 0.3) is 22.8 Å². The van der Waals surface area contributed by atoms with E-state index in [0.717, 1.165) is 47.5 Å². The van der Waals surface area contributed by atoms with Gasteiger partial charge in [0.15, 0.2) is 0 Å². The van der Waals surface area contributed by atoms with Crippen LogP contribution in [0.4, 0.5) is 4.39 Å². The van der Waals surface area contributed by atoms with E-state index in [1.165, 1.54) is 29.6 Å². The fraction of sp³-hybridized carbons (Fsp3) is 0.417. The fourth-order valence-corrected chi connectivity index (χ4v) is 5.37. The van der Waals surface area contributed by atoms with Crippen molar-refractivity contribution < 1.29 is 4.39 Å². The Balaban J connectivity index is 1.49. The van der Waals surface area contributed by atoms with E-state index in [9.17, 15) is 4.39 Å². The highest BCUT2D eigenvalue weighted by atomic mass is 19.1. The van der Waals surface area contributed by atoms with Crippen LogP contribution in [-0.2, 0) is 12.8 Å². The summed E-state index contributed by atoms with van der Waals surface area (Å²) in [5, 5.41) is 7.26. The van der Waals surface area contributed by atoms with Crippen LogP contribution in [0.2, 0.25) is 0 Å². The Hall–Kier alpha value is -2.93. The number of aryl methyl sites for hydroxylation is 1. The van der Waals surface area contributed by atoms with Crippen molar-refractivity contribution in [1.82, 2.24) is 25.2 Å². The third kappa shape index (κ3) is 3.02. The number of rotatable bonds is 4. The lowest BCUT2D eigenvalue weighted by molar-refractivity contribution is 0.417. The molecule has 1 aliphatic carbocycles. The van der Waals surface area contributed by atoms with Crippen molar-refractivity contribution in [2.75, 3.05) is 13.1 Å². The van der Waals surface area contributed by atoms with E-state index < -0.39 is 0 Å². The molecular formula is C24H27FN6. The first-order valence-corrected chi connectivity index (χ1v) is 11.1. The van der Waals surface area contributed by atoms with Gasteiger partial charge in [0.1, 0.15) is 11.6 Å². The van der Waals surface area contributed by atoms with Gasteiger partial charge in [0.05, 0.1) is 23.4 Å². The minimum atomic E-state index is -0.302. The molecule has 31 heavy (non-hydrogen) atoms. The first-order chi connectivity index (χ1) is 15.1. The molecule has 2 atom stereocenters. The van der Waals surface area contributed by atoms with Gasteiger partial charge in [0, 0.05) is 52.9 Å². The van der Waals surface area contributed by atoms with Gasteiger partial charge in [-0.3, -0.25) is 9.97 Å². The molecule has 6 rings (SSSR count). The Morgan fingerprint density at radius 3 is 2.94 bits per heavy atom. The number of hydrogen-bond acceptors (Lipinski definition) is 5. The number of aromatic nitrogens is 3. The average molecular weight is 419 g/mol. The highest BCUT2D eigenvalue weighted by molar-refractivity contribution is 5.84. The molecule has 1 saturated carbocycles. The number of fused-ring (bicyclic) bond motifs is 3. The van der Waals surface area contributed by atoms with Crippen molar-refractivity contribution in [2.24, 2.45) is 11.1 Å². The lowest BCUT2D eigenvalue weighted by Gasteiger charge is -2.29. The van der Waals surface area contributed by atoms with Gasteiger partial charge in [-0.05, 0) is 49.5 Å². The van der Waals surface area contributed by atoms with Gasteiger partial charge in [0.25, 0.3) is 0 Å². The molecule has 4 N–H and O–H groups in total. The second-order valence-electron chi connectivity index (χ2n) is 9.28. The van der Waals surface area contributed by atoms with Crippen molar-refractivity contribution >= 4 is 22.8 Å². The van der Waals surface area contributed by atoms with Gasteiger partial charge in [-0.25, -0.2) is 4.39 Å². The molecule has 160 valence electrons. The predicted octanol–water partition coefficient (Wildman–Crippen LogP) is 1.14. The Bertz CT molecular complexity index is 1290. The number of hydrogen-bond donors (Lipinski definition) is 3. The summed E-state index contributed by atoms with van der Waals surface area (Å²) in [6, 6.07) is 3.90. The summed E-state index contributed by atoms with van der Waals surface area (Å²) in [5.74, 6) is 0.828. The number of halogens is 1. The van der Waals surface area contributed by atoms with Crippen molar-refractivity contribution in [3.63, 3.8) is 0 Å². The number of nitrogens with two attached hydrogens (primary N) is 1. The summed E-state index contributed by atoms with van der Waals surface area (Å²) in [5.41, 5.74) is 9.87. The molecule has 0 aromatic carbocycles. The van der Waals surface area contributed by atoms with Crippen LogP contribution in [0, 0.1) is 11.2 Å². The summed E-state index contributed by atoms with van der Waals surface area (Å²) in [4.78, 5) is 14.7. The summed E-state index contributed by atoms with van der Waals surface area (Å²) in [7, 11) is 0. The van der Waals surface area contributed by atoms with Crippen LogP contribution in [0.15, 0.2) is 30.7 Å². The van der Waals surface area contributed by atoms with E-state index in [-0.39, 0.29) is 23.3 Å². The summed E-state index contributed by atoms with van der Waals surface area (Å²) in [6.07, 6.45) is 11.1. The average Bonchev–Trinajstić information content (AvgIpc) is 3.33. The molecular weight excluding hydrogens is 391 g/mol.